The number of nitrogens with one attached hydrogen (secondary N) is 2. The summed E-state index contributed by atoms with van der Waals surface area (Å²) in [5.41, 5.74) is 5.10. The molecule has 0 radical (unpaired) electrons. The van der Waals surface area contributed by atoms with Gasteiger partial charge in [-0.2, -0.15) is 0 Å². The second-order valence-corrected chi connectivity index (χ2v) is 1.22. The lowest BCUT2D eigenvalue weighted by molar-refractivity contribution is -0.119. The topological polar surface area (TPSA) is 41.1 Å². The molecule has 1 amide bonds. The van der Waals surface area contributed by atoms with Crippen LogP contribution in [0.15, 0.2) is 13.2 Å². The predicted octanol–water partition coefficient (Wildman–Crippen LogP) is -0.187. The molecule has 8 heavy (non-hydrogen) atoms. The van der Waals surface area contributed by atoms with E-state index >= 15 is 0 Å². The molecule has 3 heteroatoms. The minimum atomic E-state index is 0.0926. The number of carbonyl (C=O) groups excluding carboxylic acids is 1. The minimum Gasteiger partial charge on any atom is -0.292 e. The van der Waals surface area contributed by atoms with E-state index in [1.54, 1.807) is 0 Å². The second-order valence-electron chi connectivity index (χ2n) is 1.22. The molecule has 0 aromatic carbocycles. The lowest BCUT2D eigenvalue weighted by Gasteiger charge is -1.83. The quantitative estimate of drug-likeness (QED) is 0.429. The fraction of sp³-hybridized carbons (Fsp3) is 0.400. The molecule has 1 fully saturated rings. The number of amides is 1. The fourth-order valence-corrected chi connectivity index (χ4v) is 0.400. The van der Waals surface area contributed by atoms with Crippen LogP contribution in [0.25, 0.3) is 0 Å². The zero-order valence-electron chi connectivity index (χ0n) is 4.74. The molecule has 1 heterocycles. The predicted molar refractivity (Wildman–Crippen MR) is 32.0 cm³/mol. The number of rotatable bonds is 0. The van der Waals surface area contributed by atoms with E-state index in [0.717, 1.165) is 6.54 Å². The van der Waals surface area contributed by atoms with E-state index in [1.807, 2.05) is 0 Å². The molecule has 0 spiro atoms. The van der Waals surface area contributed by atoms with Crippen molar-refractivity contribution in [3.63, 3.8) is 0 Å². The summed E-state index contributed by atoms with van der Waals surface area (Å²) in [4.78, 5) is 10.1. The van der Waals surface area contributed by atoms with Crippen molar-refractivity contribution in [1.82, 2.24) is 10.9 Å². The number of hydrazine groups is 1. The maximum absolute atomic E-state index is 10.1. The van der Waals surface area contributed by atoms with Crippen LogP contribution in [0.4, 0.5) is 0 Å². The van der Waals surface area contributed by atoms with Gasteiger partial charge in [0.2, 0.25) is 5.91 Å². The number of hydrogen-bond acceptors (Lipinski definition) is 2. The van der Waals surface area contributed by atoms with Crippen molar-refractivity contribution < 1.29 is 4.79 Å². The molecule has 2 N–H and O–H groups in total. The molecule has 1 aliphatic rings. The molecular formula is C5H10N2O. The maximum Gasteiger partial charge on any atom is 0.235 e. The van der Waals surface area contributed by atoms with Crippen molar-refractivity contribution in [2.75, 3.05) is 6.54 Å². The Morgan fingerprint density at radius 1 is 1.50 bits per heavy atom. The van der Waals surface area contributed by atoms with Crippen molar-refractivity contribution >= 4 is 5.91 Å². The first-order valence-electron chi connectivity index (χ1n) is 2.41. The van der Waals surface area contributed by atoms with Gasteiger partial charge in [0.1, 0.15) is 0 Å². The summed E-state index contributed by atoms with van der Waals surface area (Å²) in [5.74, 6) is 0.0926. The van der Waals surface area contributed by atoms with Gasteiger partial charge in [-0.15, -0.1) is 13.2 Å². The first kappa shape index (κ1) is 7.17. The fourth-order valence-electron chi connectivity index (χ4n) is 0.400. The van der Waals surface area contributed by atoms with Crippen LogP contribution in [0.1, 0.15) is 6.42 Å². The van der Waals surface area contributed by atoms with E-state index in [4.69, 9.17) is 0 Å². The lowest BCUT2D eigenvalue weighted by atomic mass is 10.5. The summed E-state index contributed by atoms with van der Waals surface area (Å²) in [6, 6.07) is 0. The van der Waals surface area contributed by atoms with Crippen LogP contribution in [0, 0.1) is 0 Å². The molecule has 3 nitrogen and oxygen atoms in total. The normalized spacial score (nSPS) is 16.2. The third-order valence-electron chi connectivity index (χ3n) is 0.705. The highest BCUT2D eigenvalue weighted by Gasteiger charge is 2.04. The molecule has 0 aliphatic carbocycles. The van der Waals surface area contributed by atoms with E-state index in [1.165, 1.54) is 0 Å². The molecule has 0 bridgehead atoms. The van der Waals surface area contributed by atoms with Crippen molar-refractivity contribution in [1.29, 1.82) is 0 Å². The Bertz CT molecular complexity index is 74.5. The number of hydrogen-bond donors (Lipinski definition) is 2. The summed E-state index contributed by atoms with van der Waals surface area (Å²) >= 11 is 0. The average molecular weight is 114 g/mol. The van der Waals surface area contributed by atoms with E-state index in [9.17, 15) is 4.79 Å². The highest BCUT2D eigenvalue weighted by Crippen LogP contribution is 1.79. The van der Waals surface area contributed by atoms with Crippen molar-refractivity contribution in [2.24, 2.45) is 0 Å². The highest BCUT2D eigenvalue weighted by atomic mass is 16.2. The van der Waals surface area contributed by atoms with Crippen LogP contribution in [-0.2, 0) is 4.79 Å². The van der Waals surface area contributed by atoms with Crippen LogP contribution in [0.3, 0.4) is 0 Å². The first-order valence-corrected chi connectivity index (χ1v) is 2.41. The molecule has 0 atom stereocenters. The molecule has 1 aliphatic heterocycles. The first-order chi connectivity index (χ1) is 3.89. The zero-order valence-corrected chi connectivity index (χ0v) is 4.74. The summed E-state index contributed by atoms with van der Waals surface area (Å²) in [5, 5.41) is 0. The molecule has 1 saturated heterocycles. The molecule has 0 aromatic rings. The van der Waals surface area contributed by atoms with Gasteiger partial charge >= 0.3 is 0 Å². The average Bonchev–Trinajstić information content (AvgIpc) is 2.24. The van der Waals surface area contributed by atoms with Gasteiger partial charge in [-0.05, 0) is 0 Å². The van der Waals surface area contributed by atoms with Gasteiger partial charge in [-0.1, -0.05) is 0 Å². The third kappa shape index (κ3) is 2.36. The Hall–Kier alpha value is -0.830. The highest BCUT2D eigenvalue weighted by molar-refractivity contribution is 5.77. The van der Waals surface area contributed by atoms with Gasteiger partial charge in [0.15, 0.2) is 0 Å². The Balaban J connectivity index is 0.000000222. The van der Waals surface area contributed by atoms with Crippen LogP contribution in [0.5, 0.6) is 0 Å². The Morgan fingerprint density at radius 2 is 2.12 bits per heavy atom. The lowest BCUT2D eigenvalue weighted by Crippen LogP contribution is -2.25. The minimum absolute atomic E-state index is 0.0926. The second kappa shape index (κ2) is 4.33. The van der Waals surface area contributed by atoms with Crippen molar-refractivity contribution in [3.05, 3.63) is 13.2 Å². The van der Waals surface area contributed by atoms with Gasteiger partial charge in [-0.25, -0.2) is 5.43 Å². The molecule has 0 unspecified atom stereocenters. The van der Waals surface area contributed by atoms with Crippen LogP contribution in [-0.4, -0.2) is 12.5 Å². The van der Waals surface area contributed by atoms with Gasteiger partial charge in [0.25, 0.3) is 0 Å². The zero-order chi connectivity index (χ0) is 6.41. The Kier molecular flexibility index (Phi) is 3.88. The largest absolute Gasteiger partial charge is 0.292 e. The molecule has 0 saturated carbocycles. The van der Waals surface area contributed by atoms with E-state index in [2.05, 4.69) is 24.0 Å². The van der Waals surface area contributed by atoms with Gasteiger partial charge in [-0.3, -0.25) is 10.2 Å². The van der Waals surface area contributed by atoms with Crippen LogP contribution >= 0.6 is 0 Å². The number of carbonyl (C=O) groups is 1. The summed E-state index contributed by atoms with van der Waals surface area (Å²) < 4.78 is 0. The summed E-state index contributed by atoms with van der Waals surface area (Å²) in [6.45, 7) is 6.78. The Labute approximate surface area is 48.7 Å². The Morgan fingerprint density at radius 3 is 2.25 bits per heavy atom. The van der Waals surface area contributed by atoms with Gasteiger partial charge in [0.05, 0.1) is 0 Å². The maximum atomic E-state index is 10.1. The van der Waals surface area contributed by atoms with Crippen LogP contribution < -0.4 is 10.9 Å². The standard InChI is InChI=1S/C3H6N2O.C2H4/c6-3-1-2-4-5-3;1-2/h4H,1-2H2,(H,5,6);1-2H2. The third-order valence-corrected chi connectivity index (χ3v) is 0.705. The van der Waals surface area contributed by atoms with Crippen molar-refractivity contribution in [2.45, 2.75) is 6.42 Å². The molecule has 1 rings (SSSR count). The van der Waals surface area contributed by atoms with E-state index in [-0.39, 0.29) is 5.91 Å². The molecule has 0 aromatic heterocycles. The van der Waals surface area contributed by atoms with Gasteiger partial charge < -0.3 is 0 Å². The van der Waals surface area contributed by atoms with Crippen LogP contribution in [0.2, 0.25) is 0 Å². The molecule has 46 valence electrons. The molecular weight excluding hydrogens is 104 g/mol. The monoisotopic (exact) mass is 114 g/mol. The van der Waals surface area contributed by atoms with E-state index < -0.39 is 0 Å². The van der Waals surface area contributed by atoms with Crippen molar-refractivity contribution in [3.8, 4) is 0 Å². The van der Waals surface area contributed by atoms with E-state index in [0.29, 0.717) is 6.42 Å². The smallest absolute Gasteiger partial charge is 0.235 e. The summed E-state index contributed by atoms with van der Waals surface area (Å²) in [6.07, 6.45) is 0.625. The summed E-state index contributed by atoms with van der Waals surface area (Å²) in [7, 11) is 0. The SMILES string of the molecule is C=C.O=C1CCNN1. The van der Waals surface area contributed by atoms with Gasteiger partial charge in [0, 0.05) is 13.0 Å².